The molecular weight excluding hydrogens is 290 g/mol. The largest absolute Gasteiger partial charge is 0.494 e. The number of azo groups is 1. The Morgan fingerprint density at radius 1 is 1.04 bits per heavy atom. The van der Waals surface area contributed by atoms with Crippen LogP contribution in [0, 0.1) is 0 Å². The summed E-state index contributed by atoms with van der Waals surface area (Å²) in [6.07, 6.45) is 0. The number of carbonyl (C=O) groups is 1. The second-order valence-corrected chi connectivity index (χ2v) is 4.91. The SMILES string of the molecule is C=C(C)C(=O)Nc1ccc(N=Nc2ccc(OCC)cc2)cc1. The molecule has 0 bridgehead atoms. The van der Waals surface area contributed by atoms with Crippen molar-refractivity contribution in [2.75, 3.05) is 11.9 Å². The molecule has 0 spiro atoms. The highest BCUT2D eigenvalue weighted by Gasteiger charge is 2.02. The fourth-order valence-corrected chi connectivity index (χ4v) is 1.74. The van der Waals surface area contributed by atoms with E-state index in [1.807, 2.05) is 31.2 Å². The van der Waals surface area contributed by atoms with Crippen LogP contribution in [0.15, 0.2) is 70.9 Å². The molecule has 0 fully saturated rings. The van der Waals surface area contributed by atoms with E-state index in [-0.39, 0.29) is 5.91 Å². The van der Waals surface area contributed by atoms with Crippen LogP contribution in [0.1, 0.15) is 13.8 Å². The van der Waals surface area contributed by atoms with E-state index in [1.165, 1.54) is 0 Å². The summed E-state index contributed by atoms with van der Waals surface area (Å²) in [6, 6.07) is 14.5. The van der Waals surface area contributed by atoms with Gasteiger partial charge in [0.1, 0.15) is 5.75 Å². The molecule has 5 nitrogen and oxygen atoms in total. The maximum Gasteiger partial charge on any atom is 0.250 e. The van der Waals surface area contributed by atoms with Gasteiger partial charge in [0.25, 0.3) is 5.91 Å². The summed E-state index contributed by atoms with van der Waals surface area (Å²) in [5.41, 5.74) is 2.60. The van der Waals surface area contributed by atoms with Crippen LogP contribution in [0.3, 0.4) is 0 Å². The summed E-state index contributed by atoms with van der Waals surface area (Å²) in [4.78, 5) is 11.5. The third-order valence-corrected chi connectivity index (χ3v) is 2.94. The van der Waals surface area contributed by atoms with Gasteiger partial charge < -0.3 is 10.1 Å². The van der Waals surface area contributed by atoms with Crippen molar-refractivity contribution >= 4 is 23.0 Å². The van der Waals surface area contributed by atoms with Crippen molar-refractivity contribution < 1.29 is 9.53 Å². The Balaban J connectivity index is 1.99. The summed E-state index contributed by atoms with van der Waals surface area (Å²) >= 11 is 0. The maximum absolute atomic E-state index is 11.5. The second kappa shape index (κ2) is 7.89. The third-order valence-electron chi connectivity index (χ3n) is 2.94. The highest BCUT2D eigenvalue weighted by molar-refractivity contribution is 6.02. The monoisotopic (exact) mass is 309 g/mol. The van der Waals surface area contributed by atoms with Crippen LogP contribution in [0.25, 0.3) is 0 Å². The molecule has 118 valence electrons. The molecule has 2 aromatic rings. The molecule has 0 atom stereocenters. The van der Waals surface area contributed by atoms with Gasteiger partial charge in [0, 0.05) is 11.3 Å². The van der Waals surface area contributed by atoms with Crippen LogP contribution in [-0.4, -0.2) is 12.5 Å². The fraction of sp³-hybridized carbons (Fsp3) is 0.167. The first kappa shape index (κ1) is 16.4. The van der Waals surface area contributed by atoms with Crippen molar-refractivity contribution in [3.05, 3.63) is 60.7 Å². The van der Waals surface area contributed by atoms with Crippen LogP contribution in [0.5, 0.6) is 5.75 Å². The first-order chi connectivity index (χ1) is 11.1. The van der Waals surface area contributed by atoms with Gasteiger partial charge in [-0.1, -0.05) is 6.58 Å². The normalized spacial score (nSPS) is 10.5. The number of carbonyl (C=O) groups excluding carboxylic acids is 1. The Morgan fingerprint density at radius 3 is 2.04 bits per heavy atom. The number of rotatable bonds is 6. The van der Waals surface area contributed by atoms with E-state index in [2.05, 4.69) is 22.1 Å². The Bertz CT molecular complexity index is 704. The number of amides is 1. The molecule has 5 heteroatoms. The minimum atomic E-state index is -0.200. The molecule has 0 aromatic heterocycles. The first-order valence-electron chi connectivity index (χ1n) is 7.30. The lowest BCUT2D eigenvalue weighted by atomic mass is 10.2. The zero-order valence-corrected chi connectivity index (χ0v) is 13.2. The second-order valence-electron chi connectivity index (χ2n) is 4.91. The van der Waals surface area contributed by atoms with Crippen molar-refractivity contribution in [1.82, 2.24) is 0 Å². The van der Waals surface area contributed by atoms with Crippen LogP contribution < -0.4 is 10.1 Å². The van der Waals surface area contributed by atoms with Crippen LogP contribution >= 0.6 is 0 Å². The molecule has 0 heterocycles. The van der Waals surface area contributed by atoms with Crippen molar-refractivity contribution in [2.45, 2.75) is 13.8 Å². The van der Waals surface area contributed by atoms with Gasteiger partial charge in [-0.3, -0.25) is 4.79 Å². The number of benzene rings is 2. The predicted molar refractivity (Wildman–Crippen MR) is 91.7 cm³/mol. The molecule has 0 saturated heterocycles. The topological polar surface area (TPSA) is 63.0 Å². The lowest BCUT2D eigenvalue weighted by Gasteiger charge is -2.04. The average Bonchev–Trinajstić information content (AvgIpc) is 2.55. The number of anilines is 1. The molecule has 0 aliphatic carbocycles. The Kier molecular flexibility index (Phi) is 5.63. The van der Waals surface area contributed by atoms with E-state index in [4.69, 9.17) is 4.74 Å². The molecule has 1 amide bonds. The molecule has 2 rings (SSSR count). The number of nitrogens with zero attached hydrogens (tertiary/aromatic N) is 2. The number of nitrogens with one attached hydrogen (secondary N) is 1. The maximum atomic E-state index is 11.5. The van der Waals surface area contributed by atoms with E-state index in [9.17, 15) is 4.79 Å². The van der Waals surface area contributed by atoms with Gasteiger partial charge in [0.2, 0.25) is 0 Å². The van der Waals surface area contributed by atoms with Gasteiger partial charge in [0.15, 0.2) is 0 Å². The third kappa shape index (κ3) is 5.07. The smallest absolute Gasteiger partial charge is 0.250 e. The molecule has 0 aliphatic heterocycles. The molecule has 0 aliphatic rings. The van der Waals surface area contributed by atoms with E-state index in [1.54, 1.807) is 31.2 Å². The van der Waals surface area contributed by atoms with Gasteiger partial charge in [-0.05, 0) is 62.4 Å². The van der Waals surface area contributed by atoms with Crippen molar-refractivity contribution in [3.63, 3.8) is 0 Å². The summed E-state index contributed by atoms with van der Waals surface area (Å²) in [5.74, 6) is 0.609. The fourth-order valence-electron chi connectivity index (χ4n) is 1.74. The van der Waals surface area contributed by atoms with E-state index in [0.29, 0.717) is 23.6 Å². The highest BCUT2D eigenvalue weighted by Crippen LogP contribution is 2.22. The quantitative estimate of drug-likeness (QED) is 0.602. The van der Waals surface area contributed by atoms with Gasteiger partial charge >= 0.3 is 0 Å². The zero-order chi connectivity index (χ0) is 16.7. The van der Waals surface area contributed by atoms with E-state index >= 15 is 0 Å². The van der Waals surface area contributed by atoms with Crippen molar-refractivity contribution in [3.8, 4) is 5.75 Å². The van der Waals surface area contributed by atoms with Crippen LogP contribution in [0.4, 0.5) is 17.1 Å². The Hall–Kier alpha value is -2.95. The van der Waals surface area contributed by atoms with Crippen LogP contribution in [-0.2, 0) is 4.79 Å². The zero-order valence-electron chi connectivity index (χ0n) is 13.2. The Labute approximate surface area is 135 Å². The molecule has 23 heavy (non-hydrogen) atoms. The molecular formula is C18H19N3O2. The minimum absolute atomic E-state index is 0.200. The average molecular weight is 309 g/mol. The Morgan fingerprint density at radius 2 is 1.57 bits per heavy atom. The lowest BCUT2D eigenvalue weighted by Crippen LogP contribution is -2.11. The van der Waals surface area contributed by atoms with Crippen molar-refractivity contribution in [2.24, 2.45) is 10.2 Å². The lowest BCUT2D eigenvalue weighted by molar-refractivity contribution is -0.112. The molecule has 1 N–H and O–H groups in total. The molecule has 2 aromatic carbocycles. The van der Waals surface area contributed by atoms with Gasteiger partial charge in [-0.15, -0.1) is 0 Å². The van der Waals surface area contributed by atoms with Gasteiger partial charge in [-0.25, -0.2) is 0 Å². The standard InChI is InChI=1S/C18H19N3O2/c1-4-23-17-11-9-16(10-12-17)21-20-15-7-5-14(6-8-15)19-18(22)13(2)3/h5-12H,2,4H2,1,3H3,(H,19,22). The van der Waals surface area contributed by atoms with Gasteiger partial charge in [-0.2, -0.15) is 10.2 Å². The summed E-state index contributed by atoms with van der Waals surface area (Å²) in [7, 11) is 0. The molecule has 0 saturated carbocycles. The van der Waals surface area contributed by atoms with E-state index < -0.39 is 0 Å². The number of hydrogen-bond acceptors (Lipinski definition) is 4. The summed E-state index contributed by atoms with van der Waals surface area (Å²) < 4.78 is 5.37. The summed E-state index contributed by atoms with van der Waals surface area (Å²) in [6.45, 7) is 7.83. The van der Waals surface area contributed by atoms with Crippen molar-refractivity contribution in [1.29, 1.82) is 0 Å². The predicted octanol–water partition coefficient (Wildman–Crippen LogP) is 5.02. The van der Waals surface area contributed by atoms with Crippen LogP contribution in [0.2, 0.25) is 0 Å². The van der Waals surface area contributed by atoms with Gasteiger partial charge in [0.05, 0.1) is 18.0 Å². The number of ether oxygens (including phenoxy) is 1. The first-order valence-corrected chi connectivity index (χ1v) is 7.30. The summed E-state index contributed by atoms with van der Waals surface area (Å²) in [5, 5.41) is 11.1. The minimum Gasteiger partial charge on any atom is -0.494 e. The molecule has 0 unspecified atom stereocenters. The molecule has 0 radical (unpaired) electrons. The number of hydrogen-bond donors (Lipinski definition) is 1. The highest BCUT2D eigenvalue weighted by atomic mass is 16.5. The van der Waals surface area contributed by atoms with E-state index in [0.717, 1.165) is 11.4 Å².